The molecule has 2 heterocycles. The Hall–Kier alpha value is -3.87. The van der Waals surface area contributed by atoms with Crippen LogP contribution in [0.4, 0.5) is 5.69 Å². The van der Waals surface area contributed by atoms with Gasteiger partial charge in [0.25, 0.3) is 0 Å². The third-order valence-corrected chi connectivity index (χ3v) is 7.40. The lowest BCUT2D eigenvalue weighted by molar-refractivity contribution is 0.0951. The van der Waals surface area contributed by atoms with Crippen molar-refractivity contribution in [3.8, 4) is 17.9 Å². The lowest BCUT2D eigenvalue weighted by atomic mass is 9.69. The lowest BCUT2D eigenvalue weighted by Gasteiger charge is -2.35. The first-order valence-electron chi connectivity index (χ1n) is 10.9. The first-order chi connectivity index (χ1) is 16.6. The zero-order chi connectivity index (χ0) is 23.9. The quantitative estimate of drug-likeness (QED) is 0.419. The molecule has 3 atom stereocenters. The van der Waals surface area contributed by atoms with Crippen LogP contribution in [0.15, 0.2) is 83.3 Å². The second kappa shape index (κ2) is 8.48. The molecule has 0 N–H and O–H groups in total. The van der Waals surface area contributed by atoms with E-state index in [0.29, 0.717) is 15.8 Å². The number of fused-ring (bicyclic) bond motifs is 3. The minimum atomic E-state index is -1.45. The van der Waals surface area contributed by atoms with Crippen molar-refractivity contribution in [3.63, 3.8) is 0 Å². The molecular formula is C28H20BrN3O2. The number of nitrogens with zero attached hydrogens (tertiary/aromatic N) is 3. The van der Waals surface area contributed by atoms with Crippen LogP contribution in [0.2, 0.25) is 0 Å². The van der Waals surface area contributed by atoms with Gasteiger partial charge < -0.3 is 9.64 Å². The number of benzene rings is 3. The van der Waals surface area contributed by atoms with Gasteiger partial charge in [-0.05, 0) is 51.3 Å². The Labute approximate surface area is 206 Å². The first-order valence-corrected chi connectivity index (χ1v) is 11.7. The molecule has 166 valence electrons. The van der Waals surface area contributed by atoms with Gasteiger partial charge >= 0.3 is 0 Å². The Balaban J connectivity index is 1.76. The Morgan fingerprint density at radius 3 is 2.41 bits per heavy atom. The second-order valence-corrected chi connectivity index (χ2v) is 9.26. The number of halogens is 1. The lowest BCUT2D eigenvalue weighted by Crippen LogP contribution is -2.44. The number of ketones is 1. The molecule has 2 aliphatic rings. The van der Waals surface area contributed by atoms with Gasteiger partial charge in [-0.25, -0.2) is 0 Å². The van der Waals surface area contributed by atoms with Crippen LogP contribution in [-0.4, -0.2) is 25.0 Å². The van der Waals surface area contributed by atoms with Gasteiger partial charge in [-0.15, -0.1) is 0 Å². The molecule has 5 nitrogen and oxygen atoms in total. The van der Waals surface area contributed by atoms with E-state index in [4.69, 9.17) is 4.74 Å². The molecule has 1 saturated heterocycles. The number of nitriles is 2. The number of ether oxygens (including phenoxy) is 1. The van der Waals surface area contributed by atoms with Gasteiger partial charge in [-0.2, -0.15) is 10.5 Å². The van der Waals surface area contributed by atoms with E-state index in [0.717, 1.165) is 16.8 Å². The van der Waals surface area contributed by atoms with Crippen molar-refractivity contribution in [1.29, 1.82) is 10.5 Å². The molecule has 3 aromatic rings. The molecule has 0 saturated carbocycles. The highest BCUT2D eigenvalue weighted by Gasteiger charge is 2.63. The average molecular weight is 510 g/mol. The maximum atomic E-state index is 14.2. The number of para-hydroxylation sites is 1. The van der Waals surface area contributed by atoms with E-state index in [1.165, 1.54) is 0 Å². The predicted molar refractivity (Wildman–Crippen MR) is 133 cm³/mol. The smallest absolute Gasteiger partial charge is 0.186 e. The SMILES string of the molecule is COc1ccc(C(=O)C2C(c3ccccc3)C(C#N)(C#N)C3C=Cc4ccccc4N23)cc1Br. The zero-order valence-corrected chi connectivity index (χ0v) is 19.9. The van der Waals surface area contributed by atoms with E-state index >= 15 is 0 Å². The van der Waals surface area contributed by atoms with Crippen molar-refractivity contribution in [3.05, 3.63) is 100 Å². The van der Waals surface area contributed by atoms with Crippen molar-refractivity contribution in [2.75, 3.05) is 12.0 Å². The second-order valence-electron chi connectivity index (χ2n) is 8.41. The van der Waals surface area contributed by atoms with Gasteiger partial charge in [0.2, 0.25) is 0 Å². The number of hydrogen-bond acceptors (Lipinski definition) is 5. The maximum absolute atomic E-state index is 14.2. The summed E-state index contributed by atoms with van der Waals surface area (Å²) in [5.41, 5.74) is 1.61. The molecule has 1 fully saturated rings. The van der Waals surface area contributed by atoms with Crippen LogP contribution in [0.1, 0.15) is 27.4 Å². The fraction of sp³-hybridized carbons (Fsp3) is 0.179. The highest BCUT2D eigenvalue weighted by molar-refractivity contribution is 9.10. The molecule has 3 aromatic carbocycles. The summed E-state index contributed by atoms with van der Waals surface area (Å²) in [6.45, 7) is 0. The Bertz CT molecular complexity index is 1370. The van der Waals surface area contributed by atoms with Crippen molar-refractivity contribution < 1.29 is 9.53 Å². The summed E-state index contributed by atoms with van der Waals surface area (Å²) < 4.78 is 6.00. The number of carbonyl (C=O) groups is 1. The standard InChI is InChI=1S/C28H20BrN3O2/c1-34-23-13-11-20(15-21(23)29)27(33)26-25(19-8-3-2-4-9-19)28(16-30,17-31)24-14-12-18-7-5-6-10-22(18)32(24)26/h2-15,24-26H,1H3. The Morgan fingerprint density at radius 2 is 1.74 bits per heavy atom. The van der Waals surface area contributed by atoms with Crippen LogP contribution in [0.5, 0.6) is 5.75 Å². The summed E-state index contributed by atoms with van der Waals surface area (Å²) in [5, 5.41) is 20.9. The summed E-state index contributed by atoms with van der Waals surface area (Å²) in [6.07, 6.45) is 3.83. The van der Waals surface area contributed by atoms with Gasteiger partial charge in [-0.3, -0.25) is 4.79 Å². The van der Waals surface area contributed by atoms with Gasteiger partial charge in [0.1, 0.15) is 11.8 Å². The van der Waals surface area contributed by atoms with E-state index in [-0.39, 0.29) is 5.78 Å². The number of methoxy groups -OCH3 is 1. The largest absolute Gasteiger partial charge is 0.496 e. The highest BCUT2D eigenvalue weighted by atomic mass is 79.9. The van der Waals surface area contributed by atoms with Crippen LogP contribution >= 0.6 is 15.9 Å². The number of hydrogen-bond donors (Lipinski definition) is 0. The van der Waals surface area contributed by atoms with E-state index in [1.807, 2.05) is 71.6 Å². The fourth-order valence-electron chi connectivity index (χ4n) is 5.26. The van der Waals surface area contributed by atoms with E-state index in [9.17, 15) is 15.3 Å². The van der Waals surface area contributed by atoms with Gasteiger partial charge in [0.05, 0.1) is 29.8 Å². The molecule has 2 aliphatic heterocycles. The summed E-state index contributed by atoms with van der Waals surface area (Å²) in [4.78, 5) is 16.2. The minimum Gasteiger partial charge on any atom is -0.496 e. The number of Topliss-reactive ketones (excluding diaryl/α,β-unsaturated/α-hetero) is 1. The van der Waals surface area contributed by atoms with Crippen molar-refractivity contribution in [2.24, 2.45) is 5.41 Å². The zero-order valence-electron chi connectivity index (χ0n) is 18.4. The third kappa shape index (κ3) is 3.15. The van der Waals surface area contributed by atoms with Crippen LogP contribution in [0.25, 0.3) is 6.08 Å². The topological polar surface area (TPSA) is 77.1 Å². The maximum Gasteiger partial charge on any atom is 0.186 e. The summed E-state index contributed by atoms with van der Waals surface area (Å²) in [7, 11) is 1.57. The van der Waals surface area contributed by atoms with E-state index in [2.05, 4.69) is 28.1 Å². The average Bonchev–Trinajstić information content (AvgIpc) is 3.19. The predicted octanol–water partition coefficient (Wildman–Crippen LogP) is 5.74. The van der Waals surface area contributed by atoms with Gasteiger partial charge in [-0.1, -0.05) is 60.7 Å². The van der Waals surface area contributed by atoms with Gasteiger partial charge in [0, 0.05) is 17.2 Å². The number of carbonyl (C=O) groups excluding carboxylic acids is 1. The van der Waals surface area contributed by atoms with Crippen LogP contribution in [0.3, 0.4) is 0 Å². The van der Waals surface area contributed by atoms with Crippen molar-refractivity contribution >= 4 is 33.5 Å². The van der Waals surface area contributed by atoms with Gasteiger partial charge in [0.15, 0.2) is 11.2 Å². The molecule has 34 heavy (non-hydrogen) atoms. The summed E-state index contributed by atoms with van der Waals surface area (Å²) in [5.74, 6) is -0.187. The molecule has 3 unspecified atom stereocenters. The molecule has 5 rings (SSSR count). The minimum absolute atomic E-state index is 0.153. The monoisotopic (exact) mass is 509 g/mol. The van der Waals surface area contributed by atoms with Crippen molar-refractivity contribution in [2.45, 2.75) is 18.0 Å². The van der Waals surface area contributed by atoms with Crippen LogP contribution in [-0.2, 0) is 0 Å². The van der Waals surface area contributed by atoms with E-state index < -0.39 is 23.4 Å². The number of anilines is 1. The molecule has 0 radical (unpaired) electrons. The third-order valence-electron chi connectivity index (χ3n) is 6.78. The van der Waals surface area contributed by atoms with Crippen molar-refractivity contribution in [1.82, 2.24) is 0 Å². The molecule has 0 bridgehead atoms. The molecule has 0 spiro atoms. The number of rotatable bonds is 4. The first kappa shape index (κ1) is 21.9. The Kier molecular flexibility index (Phi) is 5.48. The van der Waals surface area contributed by atoms with Crippen LogP contribution in [0, 0.1) is 28.1 Å². The molecular weight excluding hydrogens is 490 g/mol. The Morgan fingerprint density at radius 1 is 1.03 bits per heavy atom. The fourth-order valence-corrected chi connectivity index (χ4v) is 5.80. The summed E-state index contributed by atoms with van der Waals surface area (Å²) >= 11 is 3.48. The van der Waals surface area contributed by atoms with Crippen LogP contribution < -0.4 is 9.64 Å². The molecule has 0 aliphatic carbocycles. The normalized spacial score (nSPS) is 21.6. The molecule has 0 amide bonds. The van der Waals surface area contributed by atoms with E-state index in [1.54, 1.807) is 25.3 Å². The molecule has 6 heteroatoms. The summed E-state index contributed by atoms with van der Waals surface area (Å²) in [6, 6.07) is 25.8. The molecule has 0 aromatic heterocycles. The highest BCUT2D eigenvalue weighted by Crippen LogP contribution is 2.55.